The van der Waals surface area contributed by atoms with Crippen molar-refractivity contribution >= 4 is 11.8 Å². The van der Waals surface area contributed by atoms with Crippen molar-refractivity contribution in [2.45, 2.75) is 50.5 Å². The molecule has 0 radical (unpaired) electrons. The lowest BCUT2D eigenvalue weighted by Gasteiger charge is -2.37. The average molecular weight is 409 g/mol. The van der Waals surface area contributed by atoms with E-state index < -0.39 is 0 Å². The standard InChI is InChI=1S/C22H28N6O2/c29-21(26-12-16-4-3-8-23-11-16)7-6-19-14-27-22(30)20-10-18(15-28(19)20)25-13-17-5-1-2-9-24-17/h1-5,8-9,11,18-20,25H,6-7,10,12-15H2,(H,26,29)(H,27,30). The van der Waals surface area contributed by atoms with Gasteiger partial charge in [-0.05, 0) is 36.6 Å². The van der Waals surface area contributed by atoms with Crippen molar-refractivity contribution in [2.75, 3.05) is 13.1 Å². The van der Waals surface area contributed by atoms with Crippen molar-refractivity contribution in [1.29, 1.82) is 0 Å². The second-order valence-electron chi connectivity index (χ2n) is 7.92. The van der Waals surface area contributed by atoms with Crippen molar-refractivity contribution in [3.63, 3.8) is 0 Å². The van der Waals surface area contributed by atoms with E-state index in [9.17, 15) is 9.59 Å². The fourth-order valence-electron chi connectivity index (χ4n) is 4.23. The molecule has 8 nitrogen and oxygen atoms in total. The number of pyridine rings is 2. The van der Waals surface area contributed by atoms with Crippen LogP contribution in [0.5, 0.6) is 0 Å². The number of hydrogen-bond acceptors (Lipinski definition) is 6. The van der Waals surface area contributed by atoms with Crippen LogP contribution in [0.3, 0.4) is 0 Å². The predicted octanol–water partition coefficient (Wildman–Crippen LogP) is 0.604. The maximum atomic E-state index is 12.4. The molecule has 0 aromatic carbocycles. The van der Waals surface area contributed by atoms with Gasteiger partial charge in [0.1, 0.15) is 0 Å². The van der Waals surface area contributed by atoms with Crippen LogP contribution in [-0.4, -0.2) is 57.9 Å². The van der Waals surface area contributed by atoms with Gasteiger partial charge in [0.25, 0.3) is 0 Å². The Morgan fingerprint density at radius 2 is 2.13 bits per heavy atom. The van der Waals surface area contributed by atoms with Gasteiger partial charge in [0.2, 0.25) is 11.8 Å². The number of rotatable bonds is 8. The SMILES string of the molecule is O=C(CCC1CNC(=O)C2CC(NCc3ccccn3)CN12)NCc1cccnc1. The number of nitrogens with zero attached hydrogens (tertiary/aromatic N) is 3. The van der Waals surface area contributed by atoms with Crippen LogP contribution in [-0.2, 0) is 22.7 Å². The molecule has 2 amide bonds. The average Bonchev–Trinajstić information content (AvgIpc) is 3.23. The maximum absolute atomic E-state index is 12.4. The number of nitrogens with one attached hydrogen (secondary N) is 3. The summed E-state index contributed by atoms with van der Waals surface area (Å²) in [5, 5.41) is 9.50. The molecule has 30 heavy (non-hydrogen) atoms. The van der Waals surface area contributed by atoms with Gasteiger partial charge in [-0.15, -0.1) is 0 Å². The first-order valence-electron chi connectivity index (χ1n) is 10.5. The lowest BCUT2D eigenvalue weighted by Crippen LogP contribution is -2.58. The van der Waals surface area contributed by atoms with E-state index in [1.807, 2.05) is 30.3 Å². The second kappa shape index (κ2) is 9.77. The fraction of sp³-hybridized carbons (Fsp3) is 0.455. The Morgan fingerprint density at radius 3 is 2.93 bits per heavy atom. The molecule has 2 aliphatic heterocycles. The summed E-state index contributed by atoms with van der Waals surface area (Å²) >= 11 is 0. The third-order valence-corrected chi connectivity index (χ3v) is 5.84. The predicted molar refractivity (Wildman–Crippen MR) is 112 cm³/mol. The van der Waals surface area contributed by atoms with Crippen LogP contribution in [0.25, 0.3) is 0 Å². The zero-order chi connectivity index (χ0) is 20.8. The molecular weight excluding hydrogens is 380 g/mol. The van der Waals surface area contributed by atoms with E-state index in [1.165, 1.54) is 0 Å². The molecule has 0 spiro atoms. The van der Waals surface area contributed by atoms with Gasteiger partial charge in [-0.2, -0.15) is 0 Å². The van der Waals surface area contributed by atoms with Crippen molar-refractivity contribution in [1.82, 2.24) is 30.8 Å². The van der Waals surface area contributed by atoms with E-state index in [4.69, 9.17) is 0 Å². The molecule has 2 aromatic rings. The van der Waals surface area contributed by atoms with Gasteiger partial charge < -0.3 is 16.0 Å². The van der Waals surface area contributed by atoms with E-state index in [-0.39, 0.29) is 29.9 Å². The van der Waals surface area contributed by atoms with Crippen LogP contribution in [0.1, 0.15) is 30.5 Å². The van der Waals surface area contributed by atoms with Gasteiger partial charge in [0, 0.05) is 63.3 Å². The molecule has 4 rings (SSSR count). The lowest BCUT2D eigenvalue weighted by atomic mass is 10.0. The molecule has 158 valence electrons. The van der Waals surface area contributed by atoms with Gasteiger partial charge in [0.15, 0.2) is 0 Å². The molecule has 3 unspecified atom stereocenters. The van der Waals surface area contributed by atoms with Gasteiger partial charge in [0.05, 0.1) is 11.7 Å². The fourth-order valence-corrected chi connectivity index (χ4v) is 4.23. The normalized spacial score (nSPS) is 23.6. The highest BCUT2D eigenvalue weighted by molar-refractivity contribution is 5.83. The number of piperazine rings is 1. The van der Waals surface area contributed by atoms with Crippen LogP contribution in [0.4, 0.5) is 0 Å². The summed E-state index contributed by atoms with van der Waals surface area (Å²) in [6.45, 7) is 2.58. The number of aromatic nitrogens is 2. The summed E-state index contributed by atoms with van der Waals surface area (Å²) in [4.78, 5) is 35.3. The Morgan fingerprint density at radius 1 is 1.20 bits per heavy atom. The van der Waals surface area contributed by atoms with Crippen molar-refractivity contribution in [3.8, 4) is 0 Å². The minimum absolute atomic E-state index is 0.0244. The van der Waals surface area contributed by atoms with Gasteiger partial charge in [-0.25, -0.2) is 0 Å². The highest BCUT2D eigenvalue weighted by Crippen LogP contribution is 2.26. The summed E-state index contributed by atoms with van der Waals surface area (Å²) < 4.78 is 0. The third-order valence-electron chi connectivity index (χ3n) is 5.84. The smallest absolute Gasteiger partial charge is 0.237 e. The van der Waals surface area contributed by atoms with Crippen molar-refractivity contribution < 1.29 is 9.59 Å². The van der Waals surface area contributed by atoms with Gasteiger partial charge in [-0.1, -0.05) is 12.1 Å². The first kappa shape index (κ1) is 20.4. The zero-order valence-electron chi connectivity index (χ0n) is 17.0. The Labute approximate surface area is 176 Å². The molecule has 0 saturated carbocycles. The van der Waals surface area contributed by atoms with Crippen LogP contribution in [0.2, 0.25) is 0 Å². The summed E-state index contributed by atoms with van der Waals surface area (Å²) in [6.07, 6.45) is 7.20. The van der Waals surface area contributed by atoms with Gasteiger partial charge in [-0.3, -0.25) is 24.5 Å². The molecule has 4 heterocycles. The maximum Gasteiger partial charge on any atom is 0.237 e. The van der Waals surface area contributed by atoms with Crippen LogP contribution in [0, 0.1) is 0 Å². The van der Waals surface area contributed by atoms with Gasteiger partial charge >= 0.3 is 0 Å². The summed E-state index contributed by atoms with van der Waals surface area (Å²) in [6, 6.07) is 9.97. The van der Waals surface area contributed by atoms with Crippen LogP contribution >= 0.6 is 0 Å². The second-order valence-corrected chi connectivity index (χ2v) is 7.92. The minimum Gasteiger partial charge on any atom is -0.353 e. The molecule has 2 aliphatic rings. The number of carbonyl (C=O) groups is 2. The van der Waals surface area contributed by atoms with Crippen LogP contribution < -0.4 is 16.0 Å². The third kappa shape index (κ3) is 5.20. The Kier molecular flexibility index (Phi) is 6.66. The summed E-state index contributed by atoms with van der Waals surface area (Å²) in [5.41, 5.74) is 1.98. The van der Waals surface area contributed by atoms with E-state index in [1.54, 1.807) is 18.6 Å². The van der Waals surface area contributed by atoms with E-state index in [0.717, 1.165) is 30.6 Å². The molecule has 2 saturated heterocycles. The first-order valence-corrected chi connectivity index (χ1v) is 10.5. The number of carbonyl (C=O) groups excluding carboxylic acids is 2. The van der Waals surface area contributed by atoms with E-state index in [0.29, 0.717) is 26.1 Å². The number of fused-ring (bicyclic) bond motifs is 1. The lowest BCUT2D eigenvalue weighted by molar-refractivity contribution is -0.129. The minimum atomic E-state index is -0.122. The number of hydrogen-bond donors (Lipinski definition) is 3. The molecule has 0 bridgehead atoms. The molecular formula is C22H28N6O2. The first-order chi connectivity index (χ1) is 14.7. The Balaban J connectivity index is 1.25. The highest BCUT2D eigenvalue weighted by Gasteiger charge is 2.43. The van der Waals surface area contributed by atoms with Crippen molar-refractivity contribution in [3.05, 3.63) is 60.2 Å². The van der Waals surface area contributed by atoms with Crippen molar-refractivity contribution in [2.24, 2.45) is 0 Å². The molecule has 3 atom stereocenters. The van der Waals surface area contributed by atoms with Crippen LogP contribution in [0.15, 0.2) is 48.9 Å². The molecule has 8 heteroatoms. The Bertz CT molecular complexity index is 847. The Hall–Kier alpha value is -2.84. The summed E-state index contributed by atoms with van der Waals surface area (Å²) in [5.74, 6) is 0.116. The topological polar surface area (TPSA) is 99.2 Å². The number of amides is 2. The largest absolute Gasteiger partial charge is 0.353 e. The highest BCUT2D eigenvalue weighted by atomic mass is 16.2. The van der Waals surface area contributed by atoms with E-state index >= 15 is 0 Å². The zero-order valence-corrected chi connectivity index (χ0v) is 17.0. The molecule has 2 aromatic heterocycles. The quantitative estimate of drug-likeness (QED) is 0.592. The monoisotopic (exact) mass is 408 g/mol. The molecule has 0 aliphatic carbocycles. The summed E-state index contributed by atoms with van der Waals surface area (Å²) in [7, 11) is 0. The molecule has 2 fully saturated rings. The molecule has 3 N–H and O–H groups in total. The van der Waals surface area contributed by atoms with E-state index in [2.05, 4.69) is 30.8 Å².